The number of hydrogen-bond donors (Lipinski definition) is 4. The smallest absolute Gasteiger partial charge is 0.435 e. The minimum Gasteiger partial charge on any atom is -0.465 e. The lowest BCUT2D eigenvalue weighted by atomic mass is 9.96. The molecule has 4 N–H and O–H groups in total. The van der Waals surface area contributed by atoms with Crippen LogP contribution in [0.4, 0.5) is 33.9 Å². The molecule has 10 nitrogen and oxygen atoms in total. The van der Waals surface area contributed by atoms with Gasteiger partial charge in [-0.3, -0.25) is 10.1 Å². The fourth-order valence-corrected chi connectivity index (χ4v) is 5.19. The Balaban J connectivity index is 1.37. The zero-order valence-corrected chi connectivity index (χ0v) is 24.3. The van der Waals surface area contributed by atoms with Crippen LogP contribution in [0, 0.1) is 23.1 Å². The number of pyridine rings is 1. The van der Waals surface area contributed by atoms with E-state index in [0.717, 1.165) is 29.2 Å². The third kappa shape index (κ3) is 6.90. The Morgan fingerprint density at radius 1 is 1.02 bits per heavy atom. The van der Waals surface area contributed by atoms with Crippen LogP contribution in [0.3, 0.4) is 0 Å². The number of alkyl halides is 3. The fraction of sp³-hybridized carbons (Fsp3) is 0.182. The molecule has 2 heterocycles. The zero-order chi connectivity index (χ0) is 33.3. The van der Waals surface area contributed by atoms with Crippen LogP contribution in [0.1, 0.15) is 51.8 Å². The van der Waals surface area contributed by atoms with Crippen molar-refractivity contribution in [3.8, 4) is 11.8 Å². The molecule has 238 valence electrons. The number of carboxylic acid groups (broad SMARTS) is 1. The summed E-state index contributed by atoms with van der Waals surface area (Å²) in [6.07, 6.45) is -2.82. The second-order valence-electron chi connectivity index (χ2n) is 11.0. The molecule has 0 aliphatic heterocycles. The predicted octanol–water partition coefficient (Wildman–Crippen LogP) is 6.88. The molecule has 0 saturated heterocycles. The molecule has 0 radical (unpaired) electrons. The van der Waals surface area contributed by atoms with E-state index < -0.39 is 41.4 Å². The van der Waals surface area contributed by atoms with Crippen molar-refractivity contribution in [2.45, 2.75) is 25.1 Å². The van der Waals surface area contributed by atoms with Crippen molar-refractivity contribution in [3.05, 3.63) is 113 Å². The molecule has 3 aromatic carbocycles. The van der Waals surface area contributed by atoms with E-state index >= 15 is 4.39 Å². The first-order chi connectivity index (χ1) is 22.5. The number of carbonyl (C=O) groups is 2. The van der Waals surface area contributed by atoms with Gasteiger partial charge in [0.2, 0.25) is 0 Å². The summed E-state index contributed by atoms with van der Waals surface area (Å²) in [7, 11) is 0. The van der Waals surface area contributed by atoms with Crippen LogP contribution in [0.15, 0.2) is 79.0 Å². The quantitative estimate of drug-likeness (QED) is 0.128. The summed E-state index contributed by atoms with van der Waals surface area (Å²) in [5.74, 6) is -1.48. The van der Waals surface area contributed by atoms with Crippen LogP contribution in [-0.4, -0.2) is 38.4 Å². The van der Waals surface area contributed by atoms with Crippen LogP contribution in [0.5, 0.6) is 0 Å². The summed E-state index contributed by atoms with van der Waals surface area (Å²) in [6, 6.07) is 19.0. The van der Waals surface area contributed by atoms with Gasteiger partial charge in [-0.15, -0.1) is 0 Å². The lowest BCUT2D eigenvalue weighted by molar-refractivity contribution is -0.141. The van der Waals surface area contributed by atoms with Gasteiger partial charge >= 0.3 is 12.3 Å². The van der Waals surface area contributed by atoms with Crippen LogP contribution in [0.25, 0.3) is 16.5 Å². The number of aromatic nitrogens is 3. The van der Waals surface area contributed by atoms with Crippen molar-refractivity contribution >= 4 is 34.3 Å². The number of hydrogen-bond acceptors (Lipinski definition) is 6. The first kappa shape index (κ1) is 31.2. The van der Waals surface area contributed by atoms with E-state index in [1.807, 2.05) is 6.07 Å². The monoisotopic (exact) mass is 643 g/mol. The van der Waals surface area contributed by atoms with Crippen molar-refractivity contribution in [1.82, 2.24) is 20.1 Å². The van der Waals surface area contributed by atoms with Crippen molar-refractivity contribution in [3.63, 3.8) is 0 Å². The van der Waals surface area contributed by atoms with Gasteiger partial charge < -0.3 is 15.7 Å². The van der Waals surface area contributed by atoms with E-state index in [0.29, 0.717) is 35.0 Å². The molecule has 1 saturated carbocycles. The molecule has 1 unspecified atom stereocenters. The molecule has 0 spiro atoms. The molecule has 2 aromatic heterocycles. The minimum absolute atomic E-state index is 0.00414. The number of anilines is 2. The normalized spacial score (nSPS) is 13.6. The highest BCUT2D eigenvalue weighted by atomic mass is 19.4. The Labute approximate surface area is 264 Å². The van der Waals surface area contributed by atoms with Crippen molar-refractivity contribution < 1.29 is 32.3 Å². The maximum absolute atomic E-state index is 15.2. The number of fused-ring (bicyclic) bond motifs is 1. The maximum atomic E-state index is 15.2. The van der Waals surface area contributed by atoms with Gasteiger partial charge in [0.05, 0.1) is 29.0 Å². The summed E-state index contributed by atoms with van der Waals surface area (Å²) in [6.45, 7) is 0.672. The van der Waals surface area contributed by atoms with E-state index in [4.69, 9.17) is 0 Å². The first-order valence-electron chi connectivity index (χ1n) is 14.4. The number of nitrogens with one attached hydrogen (secondary N) is 3. The van der Waals surface area contributed by atoms with Crippen molar-refractivity contribution in [2.75, 3.05) is 17.2 Å². The molecular weight excluding hydrogens is 618 g/mol. The molecule has 0 bridgehead atoms. The Morgan fingerprint density at radius 2 is 1.81 bits per heavy atom. The first-order valence-corrected chi connectivity index (χ1v) is 14.4. The summed E-state index contributed by atoms with van der Waals surface area (Å²) >= 11 is 0. The second kappa shape index (κ2) is 12.5. The predicted molar refractivity (Wildman–Crippen MR) is 164 cm³/mol. The van der Waals surface area contributed by atoms with Gasteiger partial charge in [-0.1, -0.05) is 24.3 Å². The van der Waals surface area contributed by atoms with Gasteiger partial charge in [-0.25, -0.2) is 18.9 Å². The van der Waals surface area contributed by atoms with Gasteiger partial charge in [-0.05, 0) is 84.3 Å². The molecule has 1 aliphatic rings. The Hall–Kier alpha value is -5.81. The maximum Gasteiger partial charge on any atom is 0.435 e. The van der Waals surface area contributed by atoms with Crippen LogP contribution >= 0.6 is 0 Å². The number of amides is 2. The lowest BCUT2D eigenvalue weighted by Gasteiger charge is -2.21. The van der Waals surface area contributed by atoms with Gasteiger partial charge in [0.25, 0.3) is 5.91 Å². The van der Waals surface area contributed by atoms with Crippen molar-refractivity contribution in [1.29, 1.82) is 5.26 Å². The van der Waals surface area contributed by atoms with Gasteiger partial charge in [-0.2, -0.15) is 23.5 Å². The highest BCUT2D eigenvalue weighted by Crippen LogP contribution is 2.33. The molecule has 5 aromatic rings. The lowest BCUT2D eigenvalue weighted by Crippen LogP contribution is -2.25. The van der Waals surface area contributed by atoms with E-state index in [9.17, 15) is 33.1 Å². The standard InChI is InChI=1S/C33H25F4N7O3/c34-25-9-7-22(29(40-17-18-4-5-18)21-3-1-2-19(12-21)16-38)13-26(25)41-31(45)27-15-28(33(35,36)37)43-44(27)23-8-6-20-10-11-39-30(24(20)14-23)42-32(46)47/h1-3,6-15,18,29,40H,4-5,17H2,(H,39,42)(H,41,45)(H,46,47). The van der Waals surface area contributed by atoms with E-state index in [-0.39, 0.29) is 22.6 Å². The van der Waals surface area contributed by atoms with Crippen molar-refractivity contribution in [2.24, 2.45) is 5.92 Å². The number of nitriles is 1. The zero-order valence-electron chi connectivity index (χ0n) is 24.3. The van der Waals surface area contributed by atoms with Crippen LogP contribution in [-0.2, 0) is 6.18 Å². The van der Waals surface area contributed by atoms with Crippen LogP contribution in [0.2, 0.25) is 0 Å². The number of nitrogens with zero attached hydrogens (tertiary/aromatic N) is 4. The Morgan fingerprint density at radius 3 is 2.53 bits per heavy atom. The SMILES string of the molecule is N#Cc1cccc(C(NCC2CC2)c2ccc(F)c(NC(=O)c3cc(C(F)(F)F)nn3-c3ccc4ccnc(NC(=O)O)c4c3)c2)c1. The average molecular weight is 644 g/mol. The third-order valence-corrected chi connectivity index (χ3v) is 7.68. The summed E-state index contributed by atoms with van der Waals surface area (Å²) in [4.78, 5) is 28.8. The van der Waals surface area contributed by atoms with Gasteiger partial charge in [0, 0.05) is 17.6 Å². The molecule has 47 heavy (non-hydrogen) atoms. The Bertz CT molecular complexity index is 2050. The largest absolute Gasteiger partial charge is 0.465 e. The summed E-state index contributed by atoms with van der Waals surface area (Å²) in [5, 5.41) is 31.0. The average Bonchev–Trinajstić information content (AvgIpc) is 3.75. The molecule has 1 fully saturated rings. The summed E-state index contributed by atoms with van der Waals surface area (Å²) in [5.41, 5.74) is -0.474. The molecule has 2 amide bonds. The molecule has 1 aliphatic carbocycles. The molecular formula is C33H25F4N7O3. The summed E-state index contributed by atoms with van der Waals surface area (Å²) < 4.78 is 57.4. The number of carbonyl (C=O) groups excluding carboxylic acids is 1. The number of halogens is 4. The van der Waals surface area contributed by atoms with E-state index in [2.05, 4.69) is 32.1 Å². The third-order valence-electron chi connectivity index (χ3n) is 7.68. The number of benzene rings is 3. The highest BCUT2D eigenvalue weighted by Gasteiger charge is 2.36. The van der Waals surface area contributed by atoms with E-state index in [1.54, 1.807) is 24.3 Å². The fourth-order valence-electron chi connectivity index (χ4n) is 5.19. The minimum atomic E-state index is -4.92. The molecule has 6 rings (SSSR count). The Kier molecular flexibility index (Phi) is 8.31. The van der Waals surface area contributed by atoms with Gasteiger partial charge in [0.15, 0.2) is 5.69 Å². The second-order valence-corrected chi connectivity index (χ2v) is 11.0. The highest BCUT2D eigenvalue weighted by molar-refractivity contribution is 6.04. The van der Waals surface area contributed by atoms with Gasteiger partial charge in [0.1, 0.15) is 17.3 Å². The van der Waals surface area contributed by atoms with E-state index in [1.165, 1.54) is 36.5 Å². The molecule has 1 atom stereocenters. The number of rotatable bonds is 9. The van der Waals surface area contributed by atoms with Crippen LogP contribution < -0.4 is 16.0 Å². The topological polar surface area (TPSA) is 145 Å². The molecule has 14 heteroatoms.